The lowest BCUT2D eigenvalue weighted by atomic mass is 9.85. The summed E-state index contributed by atoms with van der Waals surface area (Å²) < 4.78 is 0. The summed E-state index contributed by atoms with van der Waals surface area (Å²) in [5.74, 6) is 4.33. The molecule has 4 unspecified atom stereocenters. The van der Waals surface area contributed by atoms with Crippen LogP contribution in [0.1, 0.15) is 22.3 Å². The number of carbonyl (C=O) groups excluding carboxylic acids is 3. The van der Waals surface area contributed by atoms with Crippen molar-refractivity contribution in [3.05, 3.63) is 78.0 Å². The number of benzene rings is 2. The van der Waals surface area contributed by atoms with E-state index in [2.05, 4.69) is 32.8 Å². The Morgan fingerprint density at radius 2 is 1.74 bits per heavy atom. The standard InChI is InChI=1S/C26H22N6O3/c27-31-29-13-17-10-11-28-23-19(17)2-1-3-20(23)30-24(33)14-6-8-18(9-7-14)32-25(34)21-15-4-5-16(12-15)22(21)26(32)35/h1-11,15-16,21-22H,12-13H2,(H2,27,29)(H,30,33). The van der Waals surface area contributed by atoms with Gasteiger partial charge in [0.15, 0.2) is 0 Å². The summed E-state index contributed by atoms with van der Waals surface area (Å²) in [5, 5.41) is 10.9. The Hall–Kier alpha value is -4.40. The molecule has 2 fully saturated rings. The van der Waals surface area contributed by atoms with E-state index in [1.165, 1.54) is 4.90 Å². The minimum absolute atomic E-state index is 0.138. The molecule has 4 atom stereocenters. The number of nitrogens with zero attached hydrogens (tertiary/aromatic N) is 4. The Labute approximate surface area is 200 Å². The summed E-state index contributed by atoms with van der Waals surface area (Å²) >= 11 is 0. The summed E-state index contributed by atoms with van der Waals surface area (Å²) in [6, 6.07) is 13.9. The Balaban J connectivity index is 1.22. The first-order chi connectivity index (χ1) is 17.1. The number of hydrogen-bond acceptors (Lipinski definition) is 6. The van der Waals surface area contributed by atoms with Gasteiger partial charge in [-0.05, 0) is 60.2 Å². The fourth-order valence-electron chi connectivity index (χ4n) is 5.70. The molecule has 0 radical (unpaired) electrons. The first-order valence-corrected chi connectivity index (χ1v) is 11.5. The molecule has 174 valence electrons. The number of pyridine rings is 1. The molecule has 2 bridgehead atoms. The van der Waals surface area contributed by atoms with E-state index in [-0.39, 0.29) is 41.4 Å². The third kappa shape index (κ3) is 3.30. The molecule has 9 heteroatoms. The molecule has 1 saturated carbocycles. The number of rotatable bonds is 5. The zero-order valence-electron chi connectivity index (χ0n) is 18.7. The van der Waals surface area contributed by atoms with E-state index in [4.69, 9.17) is 5.84 Å². The van der Waals surface area contributed by atoms with E-state index >= 15 is 0 Å². The van der Waals surface area contributed by atoms with Gasteiger partial charge in [-0.3, -0.25) is 24.3 Å². The number of imide groups is 1. The number of amides is 3. The lowest BCUT2D eigenvalue weighted by Gasteiger charge is -2.17. The number of hydrogen-bond donors (Lipinski definition) is 2. The van der Waals surface area contributed by atoms with Gasteiger partial charge in [0, 0.05) is 17.1 Å². The van der Waals surface area contributed by atoms with E-state index in [1.54, 1.807) is 36.5 Å². The molecule has 9 nitrogen and oxygen atoms in total. The highest BCUT2D eigenvalue weighted by molar-refractivity contribution is 6.23. The summed E-state index contributed by atoms with van der Waals surface area (Å²) in [7, 11) is 0. The first-order valence-electron chi connectivity index (χ1n) is 11.5. The highest BCUT2D eigenvalue weighted by Gasteiger charge is 2.59. The molecule has 2 aliphatic carbocycles. The van der Waals surface area contributed by atoms with Gasteiger partial charge in [0.05, 0.1) is 35.3 Å². The molecular weight excluding hydrogens is 444 g/mol. The molecule has 6 rings (SSSR count). The van der Waals surface area contributed by atoms with Crippen LogP contribution in [0, 0.1) is 23.7 Å². The Morgan fingerprint density at radius 1 is 1.03 bits per heavy atom. The molecule has 1 saturated heterocycles. The van der Waals surface area contributed by atoms with Gasteiger partial charge in [0.1, 0.15) is 0 Å². The molecule has 1 aliphatic heterocycles. The van der Waals surface area contributed by atoms with Crippen LogP contribution >= 0.6 is 0 Å². The van der Waals surface area contributed by atoms with E-state index in [1.807, 2.05) is 18.2 Å². The monoisotopic (exact) mass is 466 g/mol. The van der Waals surface area contributed by atoms with Crippen molar-refractivity contribution in [2.24, 2.45) is 39.9 Å². The van der Waals surface area contributed by atoms with Crippen LogP contribution < -0.4 is 16.1 Å². The van der Waals surface area contributed by atoms with Crippen molar-refractivity contribution in [3.8, 4) is 0 Å². The van der Waals surface area contributed by atoms with Crippen LogP contribution in [0.5, 0.6) is 0 Å². The summed E-state index contributed by atoms with van der Waals surface area (Å²) in [6.07, 6.45) is 6.68. The fraction of sp³-hybridized carbons (Fsp3) is 0.231. The zero-order chi connectivity index (χ0) is 24.1. The maximum atomic E-state index is 13.0. The Kier molecular flexibility index (Phi) is 4.91. The van der Waals surface area contributed by atoms with Gasteiger partial charge in [0.25, 0.3) is 5.91 Å². The maximum absolute atomic E-state index is 13.0. The molecule has 3 N–H and O–H groups in total. The maximum Gasteiger partial charge on any atom is 0.255 e. The number of para-hydroxylation sites is 1. The number of nitrogens with one attached hydrogen (secondary N) is 1. The number of allylic oxidation sites excluding steroid dienone is 2. The summed E-state index contributed by atoms with van der Waals surface area (Å²) in [4.78, 5) is 44.8. The van der Waals surface area contributed by atoms with Crippen molar-refractivity contribution in [2.45, 2.75) is 13.0 Å². The molecule has 2 heterocycles. The largest absolute Gasteiger partial charge is 0.320 e. The zero-order valence-corrected chi connectivity index (χ0v) is 18.7. The van der Waals surface area contributed by atoms with Gasteiger partial charge in [-0.25, -0.2) is 0 Å². The van der Waals surface area contributed by atoms with Crippen molar-refractivity contribution < 1.29 is 14.4 Å². The predicted octanol–water partition coefficient (Wildman–Crippen LogP) is 3.62. The SMILES string of the molecule is NN=NCc1ccnc2c(NC(=O)c3ccc(N4C(=O)C5C6C=CC(C6)C5C4=O)cc3)cccc12. The molecule has 3 aromatic rings. The molecule has 35 heavy (non-hydrogen) atoms. The van der Waals surface area contributed by atoms with Gasteiger partial charge in [0.2, 0.25) is 11.8 Å². The normalized spacial score (nSPS) is 24.6. The van der Waals surface area contributed by atoms with Crippen LogP contribution in [0.25, 0.3) is 10.9 Å². The van der Waals surface area contributed by atoms with Crippen molar-refractivity contribution in [1.82, 2.24) is 4.98 Å². The summed E-state index contributed by atoms with van der Waals surface area (Å²) in [5.41, 5.74) is 2.97. The molecular formula is C26H22N6O3. The van der Waals surface area contributed by atoms with Gasteiger partial charge in [-0.2, -0.15) is 5.11 Å². The molecule has 1 aromatic heterocycles. The minimum Gasteiger partial charge on any atom is -0.320 e. The number of carbonyl (C=O) groups is 3. The lowest BCUT2D eigenvalue weighted by Crippen LogP contribution is -2.32. The number of nitrogens with two attached hydrogens (primary N) is 1. The van der Waals surface area contributed by atoms with E-state index < -0.39 is 0 Å². The molecule has 3 amide bonds. The average molecular weight is 467 g/mol. The van der Waals surface area contributed by atoms with Crippen LogP contribution in [0.15, 0.2) is 77.2 Å². The number of fused-ring (bicyclic) bond motifs is 6. The fourth-order valence-corrected chi connectivity index (χ4v) is 5.70. The Morgan fingerprint density at radius 3 is 2.43 bits per heavy atom. The van der Waals surface area contributed by atoms with Crippen LogP contribution in [0.2, 0.25) is 0 Å². The quantitative estimate of drug-likeness (QED) is 0.195. The molecule has 0 spiro atoms. The van der Waals surface area contributed by atoms with Crippen LogP contribution in [0.4, 0.5) is 11.4 Å². The van der Waals surface area contributed by atoms with Gasteiger partial charge in [-0.1, -0.05) is 29.5 Å². The molecule has 2 aromatic carbocycles. The van der Waals surface area contributed by atoms with E-state index in [0.717, 1.165) is 17.4 Å². The predicted molar refractivity (Wildman–Crippen MR) is 129 cm³/mol. The highest BCUT2D eigenvalue weighted by atomic mass is 16.2. The van der Waals surface area contributed by atoms with Crippen LogP contribution in [-0.2, 0) is 16.1 Å². The smallest absolute Gasteiger partial charge is 0.255 e. The lowest BCUT2D eigenvalue weighted by molar-refractivity contribution is -0.123. The topological polar surface area (TPSA) is 130 Å². The third-order valence-corrected chi connectivity index (χ3v) is 7.29. The minimum atomic E-state index is -0.323. The highest BCUT2D eigenvalue weighted by Crippen LogP contribution is 2.53. The van der Waals surface area contributed by atoms with E-state index in [0.29, 0.717) is 29.0 Å². The average Bonchev–Trinajstić information content (AvgIpc) is 3.56. The third-order valence-electron chi connectivity index (χ3n) is 7.29. The van der Waals surface area contributed by atoms with Gasteiger partial charge < -0.3 is 11.2 Å². The number of aromatic nitrogens is 1. The van der Waals surface area contributed by atoms with Gasteiger partial charge >= 0.3 is 0 Å². The second kappa shape index (κ2) is 8.12. The van der Waals surface area contributed by atoms with Crippen molar-refractivity contribution >= 4 is 40.0 Å². The second-order valence-corrected chi connectivity index (χ2v) is 9.10. The Bertz CT molecular complexity index is 1400. The van der Waals surface area contributed by atoms with Crippen molar-refractivity contribution in [3.63, 3.8) is 0 Å². The van der Waals surface area contributed by atoms with Crippen molar-refractivity contribution in [1.29, 1.82) is 0 Å². The van der Waals surface area contributed by atoms with Crippen LogP contribution in [-0.4, -0.2) is 22.7 Å². The van der Waals surface area contributed by atoms with Gasteiger partial charge in [-0.15, -0.1) is 0 Å². The molecule has 3 aliphatic rings. The number of anilines is 2. The second-order valence-electron chi connectivity index (χ2n) is 9.10. The van der Waals surface area contributed by atoms with Crippen molar-refractivity contribution in [2.75, 3.05) is 10.2 Å². The van der Waals surface area contributed by atoms with Crippen LogP contribution in [0.3, 0.4) is 0 Å². The van der Waals surface area contributed by atoms with E-state index in [9.17, 15) is 14.4 Å². The first kappa shape index (κ1) is 21.2. The summed E-state index contributed by atoms with van der Waals surface area (Å²) in [6.45, 7) is 0.307.